The number of benzene rings is 2. The zero-order valence-corrected chi connectivity index (χ0v) is 15.9. The molecule has 5 rings (SSSR count). The third-order valence-electron chi connectivity index (χ3n) is 4.79. The summed E-state index contributed by atoms with van der Waals surface area (Å²) in [6, 6.07) is 10.2. The van der Waals surface area contributed by atoms with Gasteiger partial charge in [0.15, 0.2) is 5.82 Å². The zero-order valence-electron chi connectivity index (χ0n) is 21.9. The van der Waals surface area contributed by atoms with E-state index in [-0.39, 0.29) is 27.9 Å². The molecule has 3 aromatic heterocycles. The lowest BCUT2D eigenvalue weighted by Gasteiger charge is -2.22. The Hall–Kier alpha value is -4.07. The molecule has 0 fully saturated rings. The van der Waals surface area contributed by atoms with E-state index in [1.165, 1.54) is 36.8 Å². The van der Waals surface area contributed by atoms with Gasteiger partial charge in [-0.15, -0.1) is 0 Å². The van der Waals surface area contributed by atoms with Crippen LogP contribution in [0.4, 0.5) is 10.2 Å². The number of aromatic amines is 1. The number of fused-ring (bicyclic) bond motifs is 2. The van der Waals surface area contributed by atoms with Gasteiger partial charge in [0.2, 0.25) is 0 Å². The van der Waals surface area contributed by atoms with Crippen molar-refractivity contribution in [3.63, 3.8) is 0 Å². The number of rotatable bonds is 5. The lowest BCUT2D eigenvalue weighted by molar-refractivity contribution is 0.630. The molecule has 0 aliphatic heterocycles. The number of imidazole rings is 1. The molecule has 0 saturated heterocycles. The van der Waals surface area contributed by atoms with E-state index < -0.39 is 36.4 Å². The standard InChI is InChI=1S/C23H19FN6O/c1-2-16(28-21-20-18(11-12-25-21)26-13-27-20)22-29-17-10-6-9-15(24)19(17)23(31)30(22)14-7-4-3-5-8-14/h3-13,16H,2H2,1H3,(H,25,28)(H,26,27)/t16-/m0/s1/i1D3,2D2,16D. The van der Waals surface area contributed by atoms with Crippen LogP contribution in [0.2, 0.25) is 0 Å². The van der Waals surface area contributed by atoms with E-state index in [2.05, 4.69) is 25.3 Å². The number of pyridine rings is 1. The molecule has 154 valence electrons. The average molecular weight is 420 g/mol. The van der Waals surface area contributed by atoms with Gasteiger partial charge in [-0.1, -0.05) is 31.1 Å². The molecule has 3 heterocycles. The first kappa shape index (κ1) is 13.3. The van der Waals surface area contributed by atoms with Crippen molar-refractivity contribution in [1.29, 1.82) is 0 Å². The monoisotopic (exact) mass is 420 g/mol. The number of nitrogens with zero attached hydrogens (tertiary/aromatic N) is 4. The van der Waals surface area contributed by atoms with Crippen molar-refractivity contribution < 1.29 is 12.6 Å². The Balaban J connectivity index is 1.91. The summed E-state index contributed by atoms with van der Waals surface area (Å²) in [6.45, 7) is -3.36. The van der Waals surface area contributed by atoms with E-state index in [1.54, 1.807) is 24.3 Å². The molecule has 0 amide bonds. The van der Waals surface area contributed by atoms with Crippen LogP contribution in [0.25, 0.3) is 27.6 Å². The normalized spacial score (nSPS) is 17.1. The van der Waals surface area contributed by atoms with Crippen LogP contribution in [0.15, 0.2) is 71.9 Å². The largest absolute Gasteiger partial charge is 0.358 e. The molecule has 5 aromatic rings. The molecule has 0 aliphatic rings. The maximum atomic E-state index is 14.8. The minimum atomic E-state index is -3.36. The molecule has 1 atom stereocenters. The molecular formula is C23H19FN6O. The first-order chi connectivity index (χ1) is 17.5. The van der Waals surface area contributed by atoms with Crippen LogP contribution in [0.3, 0.4) is 0 Å². The maximum absolute atomic E-state index is 14.8. The number of nitrogens with one attached hydrogen (secondary N) is 2. The highest BCUT2D eigenvalue weighted by Gasteiger charge is 2.22. The third kappa shape index (κ3) is 3.22. The zero-order chi connectivity index (χ0) is 26.6. The number of anilines is 1. The SMILES string of the molecule is [2H]C([2H])([2H])C([2H])([2H])[C@]([2H])(Nc1nccc2[nH]cnc12)c1nc2cccc(F)c2c(=O)n1-c1ccccc1. The number of hydrogen-bond donors (Lipinski definition) is 2. The molecule has 0 spiro atoms. The molecule has 7 nitrogen and oxygen atoms in total. The van der Waals surface area contributed by atoms with Gasteiger partial charge in [0.25, 0.3) is 5.56 Å². The molecule has 0 aliphatic carbocycles. The lowest BCUT2D eigenvalue weighted by atomic mass is 10.1. The van der Waals surface area contributed by atoms with Crippen molar-refractivity contribution in [3.05, 3.63) is 89.1 Å². The number of aromatic nitrogens is 5. The Morgan fingerprint density at radius 1 is 1.23 bits per heavy atom. The second kappa shape index (κ2) is 7.64. The molecule has 0 radical (unpaired) electrons. The fraction of sp³-hybridized carbons (Fsp3) is 0.130. The Labute approximate surface area is 185 Å². The molecule has 2 N–H and O–H groups in total. The highest BCUT2D eigenvalue weighted by molar-refractivity contribution is 5.85. The Kier molecular flexibility index (Phi) is 3.27. The fourth-order valence-electron chi connectivity index (χ4n) is 3.39. The topological polar surface area (TPSA) is 88.5 Å². The Bertz CT molecular complexity index is 1690. The quantitative estimate of drug-likeness (QED) is 0.441. The van der Waals surface area contributed by atoms with Gasteiger partial charge < -0.3 is 10.3 Å². The molecule has 0 unspecified atom stereocenters. The fourth-order valence-corrected chi connectivity index (χ4v) is 3.39. The average Bonchev–Trinajstić information content (AvgIpc) is 3.33. The highest BCUT2D eigenvalue weighted by atomic mass is 19.1. The summed E-state index contributed by atoms with van der Waals surface area (Å²) < 4.78 is 66.1. The van der Waals surface area contributed by atoms with E-state index in [0.29, 0.717) is 5.52 Å². The van der Waals surface area contributed by atoms with Gasteiger partial charge in [0.05, 0.1) is 30.4 Å². The van der Waals surface area contributed by atoms with E-state index in [1.807, 2.05) is 0 Å². The summed E-state index contributed by atoms with van der Waals surface area (Å²) in [7, 11) is 0. The smallest absolute Gasteiger partial charge is 0.269 e. The van der Waals surface area contributed by atoms with E-state index in [0.717, 1.165) is 10.6 Å². The summed E-state index contributed by atoms with van der Waals surface area (Å²) in [6.07, 6.45) is -0.628. The lowest BCUT2D eigenvalue weighted by Crippen LogP contribution is -2.28. The third-order valence-corrected chi connectivity index (χ3v) is 4.79. The molecule has 31 heavy (non-hydrogen) atoms. The first-order valence-corrected chi connectivity index (χ1v) is 9.29. The van der Waals surface area contributed by atoms with Crippen LogP contribution in [-0.4, -0.2) is 24.5 Å². The van der Waals surface area contributed by atoms with Gasteiger partial charge in [-0.25, -0.2) is 19.3 Å². The number of hydrogen-bond acceptors (Lipinski definition) is 5. The minimum absolute atomic E-state index is 0.116. The van der Waals surface area contributed by atoms with Crippen molar-refractivity contribution in [1.82, 2.24) is 24.5 Å². The predicted molar refractivity (Wildman–Crippen MR) is 118 cm³/mol. The number of para-hydroxylation sites is 1. The molecular weight excluding hydrogens is 395 g/mol. The van der Waals surface area contributed by atoms with Crippen LogP contribution in [-0.2, 0) is 0 Å². The molecule has 8 heteroatoms. The Morgan fingerprint density at radius 2 is 2.10 bits per heavy atom. The van der Waals surface area contributed by atoms with Crippen LogP contribution in [0.5, 0.6) is 0 Å². The van der Waals surface area contributed by atoms with Crippen LogP contribution < -0.4 is 10.9 Å². The molecule has 2 aromatic carbocycles. The van der Waals surface area contributed by atoms with E-state index in [9.17, 15) is 10.6 Å². The molecule has 0 saturated carbocycles. The highest BCUT2D eigenvalue weighted by Crippen LogP contribution is 2.26. The molecule has 0 bridgehead atoms. The number of halogens is 1. The van der Waals surface area contributed by atoms with Gasteiger partial charge >= 0.3 is 0 Å². The second-order valence-corrected chi connectivity index (χ2v) is 6.63. The Morgan fingerprint density at radius 3 is 2.94 bits per heavy atom. The van der Waals surface area contributed by atoms with Crippen molar-refractivity contribution in [2.24, 2.45) is 0 Å². The van der Waals surface area contributed by atoms with Crippen molar-refractivity contribution in [2.45, 2.75) is 19.2 Å². The summed E-state index contributed by atoms with van der Waals surface area (Å²) >= 11 is 0. The van der Waals surface area contributed by atoms with Gasteiger partial charge in [0.1, 0.15) is 22.5 Å². The summed E-state index contributed by atoms with van der Waals surface area (Å²) in [5.74, 6) is -1.59. The van der Waals surface area contributed by atoms with Crippen LogP contribution in [0, 0.1) is 5.82 Å². The van der Waals surface area contributed by atoms with Gasteiger partial charge in [-0.2, -0.15) is 0 Å². The minimum Gasteiger partial charge on any atom is -0.358 e. The predicted octanol–water partition coefficient (Wildman–Crippen LogP) is 4.36. The van der Waals surface area contributed by atoms with Crippen molar-refractivity contribution in [2.75, 3.05) is 5.32 Å². The van der Waals surface area contributed by atoms with Gasteiger partial charge in [-0.05, 0) is 36.7 Å². The van der Waals surface area contributed by atoms with Gasteiger partial charge in [0, 0.05) is 13.1 Å². The summed E-state index contributed by atoms with van der Waals surface area (Å²) in [5, 5.41) is 2.20. The summed E-state index contributed by atoms with van der Waals surface area (Å²) in [5.41, 5.74) is -0.275. The van der Waals surface area contributed by atoms with E-state index in [4.69, 9.17) is 6.85 Å². The van der Waals surface area contributed by atoms with Crippen LogP contribution in [0.1, 0.15) is 33.3 Å². The maximum Gasteiger partial charge on any atom is 0.269 e. The number of H-pyrrole nitrogens is 1. The van der Waals surface area contributed by atoms with Crippen molar-refractivity contribution in [3.8, 4) is 5.69 Å². The first-order valence-electron chi connectivity index (χ1n) is 12.3. The summed E-state index contributed by atoms with van der Waals surface area (Å²) in [4.78, 5) is 29.2. The van der Waals surface area contributed by atoms with Gasteiger partial charge in [-0.3, -0.25) is 9.36 Å². The van der Waals surface area contributed by atoms with Crippen LogP contribution >= 0.6 is 0 Å². The second-order valence-electron chi connectivity index (χ2n) is 6.63. The van der Waals surface area contributed by atoms with E-state index >= 15 is 0 Å². The van der Waals surface area contributed by atoms with Crippen molar-refractivity contribution >= 4 is 27.8 Å².